The average Bonchev–Trinajstić information content (AvgIpc) is 3.04. The Morgan fingerprint density at radius 1 is 1.24 bits per heavy atom. The van der Waals surface area contributed by atoms with Crippen LogP contribution < -0.4 is 15.0 Å². The molecular formula is C17H23N5O2S. The van der Waals surface area contributed by atoms with Gasteiger partial charge in [-0.1, -0.05) is 0 Å². The second-order valence-electron chi connectivity index (χ2n) is 5.89. The number of nitrogens with one attached hydrogen (secondary N) is 1. The first kappa shape index (κ1) is 17.6. The maximum absolute atomic E-state index is 12.2. The SMILES string of the molecule is CCOc1ccc(NC(=O)CN2CCN(c3nc(C)ns3)CC2)cc1. The molecule has 1 saturated heterocycles. The summed E-state index contributed by atoms with van der Waals surface area (Å²) in [6.07, 6.45) is 0. The molecule has 1 fully saturated rings. The minimum Gasteiger partial charge on any atom is -0.494 e. The number of amides is 1. The predicted molar refractivity (Wildman–Crippen MR) is 99.5 cm³/mol. The quantitative estimate of drug-likeness (QED) is 0.849. The number of rotatable bonds is 6. The molecule has 3 rings (SSSR count). The Morgan fingerprint density at radius 3 is 2.56 bits per heavy atom. The number of carbonyl (C=O) groups is 1. The van der Waals surface area contributed by atoms with E-state index in [-0.39, 0.29) is 5.91 Å². The van der Waals surface area contributed by atoms with Crippen LogP contribution in [0.15, 0.2) is 24.3 Å². The van der Waals surface area contributed by atoms with Gasteiger partial charge in [-0.2, -0.15) is 4.37 Å². The molecule has 1 aromatic carbocycles. The second-order valence-corrected chi connectivity index (χ2v) is 6.62. The average molecular weight is 361 g/mol. The van der Waals surface area contributed by atoms with Crippen molar-refractivity contribution in [1.29, 1.82) is 0 Å². The number of carbonyl (C=O) groups excluding carboxylic acids is 1. The topological polar surface area (TPSA) is 70.6 Å². The molecule has 0 spiro atoms. The number of hydrogen-bond acceptors (Lipinski definition) is 7. The van der Waals surface area contributed by atoms with Gasteiger partial charge in [0.15, 0.2) is 0 Å². The summed E-state index contributed by atoms with van der Waals surface area (Å²) in [4.78, 5) is 21.0. The number of nitrogens with zero attached hydrogens (tertiary/aromatic N) is 4. The van der Waals surface area contributed by atoms with Gasteiger partial charge in [0.1, 0.15) is 11.6 Å². The van der Waals surface area contributed by atoms with Crippen LogP contribution in [0.1, 0.15) is 12.7 Å². The van der Waals surface area contributed by atoms with E-state index in [0.29, 0.717) is 13.2 Å². The van der Waals surface area contributed by atoms with Crippen LogP contribution in [0.5, 0.6) is 5.75 Å². The van der Waals surface area contributed by atoms with Crippen LogP contribution in [-0.4, -0.2) is 59.5 Å². The smallest absolute Gasteiger partial charge is 0.238 e. The maximum Gasteiger partial charge on any atom is 0.238 e. The molecule has 7 nitrogen and oxygen atoms in total. The van der Waals surface area contributed by atoms with Gasteiger partial charge in [-0.3, -0.25) is 9.69 Å². The minimum absolute atomic E-state index is 0.00405. The van der Waals surface area contributed by atoms with Gasteiger partial charge in [-0.05, 0) is 38.1 Å². The van der Waals surface area contributed by atoms with Crippen molar-refractivity contribution in [3.8, 4) is 5.75 Å². The molecule has 1 amide bonds. The molecule has 0 saturated carbocycles. The van der Waals surface area contributed by atoms with E-state index in [1.165, 1.54) is 11.5 Å². The van der Waals surface area contributed by atoms with Gasteiger partial charge in [0, 0.05) is 43.4 Å². The van der Waals surface area contributed by atoms with E-state index >= 15 is 0 Å². The fraction of sp³-hybridized carbons (Fsp3) is 0.471. The second kappa shape index (κ2) is 8.26. The van der Waals surface area contributed by atoms with Crippen molar-refractivity contribution >= 4 is 28.3 Å². The first-order valence-electron chi connectivity index (χ1n) is 8.44. The Bertz CT molecular complexity index is 695. The summed E-state index contributed by atoms with van der Waals surface area (Å²) in [7, 11) is 0. The third-order valence-electron chi connectivity index (χ3n) is 3.98. The molecule has 0 unspecified atom stereocenters. The van der Waals surface area contributed by atoms with Crippen LogP contribution in [0.25, 0.3) is 0 Å². The van der Waals surface area contributed by atoms with Crippen molar-refractivity contribution in [2.24, 2.45) is 0 Å². The van der Waals surface area contributed by atoms with Crippen LogP contribution in [0, 0.1) is 6.92 Å². The number of ether oxygens (including phenoxy) is 1. The maximum atomic E-state index is 12.2. The highest BCUT2D eigenvalue weighted by Crippen LogP contribution is 2.19. The summed E-state index contributed by atoms with van der Waals surface area (Å²) < 4.78 is 9.63. The molecule has 8 heteroatoms. The lowest BCUT2D eigenvalue weighted by Gasteiger charge is -2.33. The van der Waals surface area contributed by atoms with Crippen LogP contribution in [0.2, 0.25) is 0 Å². The van der Waals surface area contributed by atoms with E-state index in [9.17, 15) is 4.79 Å². The lowest BCUT2D eigenvalue weighted by atomic mass is 10.3. The highest BCUT2D eigenvalue weighted by atomic mass is 32.1. The molecule has 0 radical (unpaired) electrons. The zero-order chi connectivity index (χ0) is 17.6. The zero-order valence-corrected chi connectivity index (χ0v) is 15.4. The molecular weight excluding hydrogens is 338 g/mol. The van der Waals surface area contributed by atoms with E-state index in [1.807, 2.05) is 38.1 Å². The molecule has 1 N–H and O–H groups in total. The third-order valence-corrected chi connectivity index (χ3v) is 4.84. The van der Waals surface area contributed by atoms with E-state index in [4.69, 9.17) is 4.74 Å². The molecule has 134 valence electrons. The molecule has 0 aliphatic carbocycles. The van der Waals surface area contributed by atoms with Crippen LogP contribution in [0.3, 0.4) is 0 Å². The molecule has 0 bridgehead atoms. The Morgan fingerprint density at radius 2 is 1.96 bits per heavy atom. The van der Waals surface area contributed by atoms with Gasteiger partial charge in [0.05, 0.1) is 13.2 Å². The van der Waals surface area contributed by atoms with E-state index in [0.717, 1.165) is 48.6 Å². The predicted octanol–water partition coefficient (Wildman–Crippen LogP) is 2.01. The van der Waals surface area contributed by atoms with Crippen molar-refractivity contribution in [3.05, 3.63) is 30.1 Å². The number of aryl methyl sites for hydroxylation is 1. The van der Waals surface area contributed by atoms with E-state index in [1.54, 1.807) is 0 Å². The summed E-state index contributed by atoms with van der Waals surface area (Å²) in [5.74, 6) is 1.63. The summed E-state index contributed by atoms with van der Waals surface area (Å²) in [5, 5.41) is 3.90. The lowest BCUT2D eigenvalue weighted by molar-refractivity contribution is -0.117. The third kappa shape index (κ3) is 4.90. The number of hydrogen-bond donors (Lipinski definition) is 1. The summed E-state index contributed by atoms with van der Waals surface area (Å²) in [6.45, 7) is 8.30. The van der Waals surface area contributed by atoms with Gasteiger partial charge in [0.25, 0.3) is 0 Å². The number of benzene rings is 1. The summed E-state index contributed by atoms with van der Waals surface area (Å²) in [5.41, 5.74) is 0.788. The van der Waals surface area contributed by atoms with Crippen molar-refractivity contribution in [1.82, 2.24) is 14.3 Å². The Balaban J connectivity index is 1.44. The monoisotopic (exact) mass is 361 g/mol. The number of aromatic nitrogens is 2. The minimum atomic E-state index is 0.00405. The normalized spacial score (nSPS) is 15.2. The van der Waals surface area contributed by atoms with E-state index in [2.05, 4.69) is 24.5 Å². The summed E-state index contributed by atoms with van der Waals surface area (Å²) in [6, 6.07) is 7.45. The number of piperazine rings is 1. The Kier molecular flexibility index (Phi) is 5.83. The fourth-order valence-corrected chi connectivity index (χ4v) is 3.44. The van der Waals surface area contributed by atoms with Crippen LogP contribution in [-0.2, 0) is 4.79 Å². The van der Waals surface area contributed by atoms with Gasteiger partial charge in [-0.15, -0.1) is 0 Å². The van der Waals surface area contributed by atoms with Crippen molar-refractivity contribution in [2.75, 3.05) is 49.5 Å². The highest BCUT2D eigenvalue weighted by molar-refractivity contribution is 7.09. The van der Waals surface area contributed by atoms with Gasteiger partial charge in [0.2, 0.25) is 11.0 Å². The molecule has 2 heterocycles. The zero-order valence-electron chi connectivity index (χ0n) is 14.6. The van der Waals surface area contributed by atoms with Crippen molar-refractivity contribution in [3.63, 3.8) is 0 Å². The number of anilines is 2. The van der Waals surface area contributed by atoms with Gasteiger partial charge >= 0.3 is 0 Å². The molecule has 1 aliphatic rings. The Hall–Kier alpha value is -2.19. The van der Waals surface area contributed by atoms with Crippen LogP contribution >= 0.6 is 11.5 Å². The van der Waals surface area contributed by atoms with Crippen LogP contribution in [0.4, 0.5) is 10.8 Å². The molecule has 2 aromatic rings. The summed E-state index contributed by atoms with van der Waals surface area (Å²) >= 11 is 1.43. The largest absolute Gasteiger partial charge is 0.494 e. The fourth-order valence-electron chi connectivity index (χ4n) is 2.72. The molecule has 1 aromatic heterocycles. The lowest BCUT2D eigenvalue weighted by Crippen LogP contribution is -2.48. The standard InChI is InChI=1S/C17H23N5O2S/c1-3-24-15-6-4-14(5-7-15)19-16(23)12-21-8-10-22(11-9-21)17-18-13(2)20-25-17/h4-7H,3,8-12H2,1-2H3,(H,19,23). The first-order chi connectivity index (χ1) is 12.1. The first-order valence-corrected chi connectivity index (χ1v) is 9.21. The van der Waals surface area contributed by atoms with Gasteiger partial charge < -0.3 is 15.0 Å². The Labute approximate surface area is 151 Å². The van der Waals surface area contributed by atoms with E-state index < -0.39 is 0 Å². The van der Waals surface area contributed by atoms with Crippen molar-refractivity contribution < 1.29 is 9.53 Å². The molecule has 1 aliphatic heterocycles. The van der Waals surface area contributed by atoms with Gasteiger partial charge in [-0.25, -0.2) is 4.98 Å². The van der Waals surface area contributed by atoms with Crippen molar-refractivity contribution in [2.45, 2.75) is 13.8 Å². The molecule has 0 atom stereocenters. The molecule has 25 heavy (non-hydrogen) atoms. The highest BCUT2D eigenvalue weighted by Gasteiger charge is 2.21.